The minimum absolute atomic E-state index is 0.226. The highest BCUT2D eigenvalue weighted by Crippen LogP contribution is 2.38. The molecule has 1 atom stereocenters. The van der Waals surface area contributed by atoms with Crippen molar-refractivity contribution in [2.45, 2.75) is 34.9 Å². The third kappa shape index (κ3) is 8.04. The summed E-state index contributed by atoms with van der Waals surface area (Å²) in [5, 5.41) is 14.9. The third-order valence-electron chi connectivity index (χ3n) is 6.03. The first kappa shape index (κ1) is 30.5. The number of carbonyl (C=O) groups excluding carboxylic acids is 1. The van der Waals surface area contributed by atoms with E-state index in [0.29, 0.717) is 29.1 Å². The highest BCUT2D eigenvalue weighted by Gasteiger charge is 2.30. The second-order valence-corrected chi connectivity index (χ2v) is 10.2. The van der Waals surface area contributed by atoms with Gasteiger partial charge in [0.25, 0.3) is 0 Å². The summed E-state index contributed by atoms with van der Waals surface area (Å²) in [4.78, 5) is 29.4. The van der Waals surface area contributed by atoms with Crippen LogP contribution in [-0.4, -0.2) is 41.8 Å². The minimum atomic E-state index is -4.45. The second kappa shape index (κ2) is 13.4. The number of rotatable bonds is 11. The maximum Gasteiger partial charge on any atom is 0.416 e. The van der Waals surface area contributed by atoms with Gasteiger partial charge in [-0.15, -0.1) is 0 Å². The number of anilines is 2. The molecule has 0 aliphatic rings. The molecule has 0 saturated carbocycles. The van der Waals surface area contributed by atoms with E-state index in [4.69, 9.17) is 20.3 Å². The van der Waals surface area contributed by atoms with Crippen LogP contribution in [0.3, 0.4) is 0 Å². The van der Waals surface area contributed by atoms with E-state index in [1.165, 1.54) is 31.0 Å². The largest absolute Gasteiger partial charge is 0.493 e. The standard InChI is InChI=1S/C29H27F3N4O5S/c1-40-24-15-21-23(16-25(24)41-14-2-3-22(33)27(37)38)34-13-12-26(21)42-20-10-8-19(9-11-20)36-28(39)35-18-6-4-17(5-7-18)29(30,31)32/h4-13,15-16,22H,2-3,14,33H2,1H3,(H,37,38)(H2,35,36,39)/t22-/m1/s1. The molecule has 4 rings (SSSR count). The molecule has 1 heterocycles. The number of carboxylic acids is 1. The normalized spacial score (nSPS) is 12.0. The first-order valence-electron chi connectivity index (χ1n) is 12.6. The number of hydrogen-bond donors (Lipinski definition) is 4. The number of halogens is 3. The maximum absolute atomic E-state index is 12.7. The molecule has 0 aliphatic heterocycles. The van der Waals surface area contributed by atoms with Crippen LogP contribution in [0.4, 0.5) is 29.3 Å². The van der Waals surface area contributed by atoms with E-state index < -0.39 is 29.8 Å². The SMILES string of the molecule is COc1cc2c(Sc3ccc(NC(=O)Nc4ccc(C(F)(F)F)cc4)cc3)ccnc2cc1OCCC[C@@H](N)C(=O)O. The number of carboxylic acid groups (broad SMARTS) is 1. The number of ether oxygens (including phenoxy) is 2. The highest BCUT2D eigenvalue weighted by molar-refractivity contribution is 7.99. The quantitative estimate of drug-likeness (QED) is 0.141. The van der Waals surface area contributed by atoms with Crippen molar-refractivity contribution in [2.24, 2.45) is 5.73 Å². The molecule has 0 saturated heterocycles. The topological polar surface area (TPSA) is 136 Å². The lowest BCUT2D eigenvalue weighted by Crippen LogP contribution is -2.30. The molecule has 13 heteroatoms. The summed E-state index contributed by atoms with van der Waals surface area (Å²) in [5.41, 5.74) is 6.14. The van der Waals surface area contributed by atoms with Crippen LogP contribution in [0.5, 0.6) is 11.5 Å². The monoisotopic (exact) mass is 600 g/mol. The molecule has 0 aliphatic carbocycles. The van der Waals surface area contributed by atoms with Gasteiger partial charge in [-0.3, -0.25) is 9.78 Å². The smallest absolute Gasteiger partial charge is 0.416 e. The Balaban J connectivity index is 1.39. The van der Waals surface area contributed by atoms with Crippen molar-refractivity contribution in [3.8, 4) is 11.5 Å². The number of urea groups is 1. The Morgan fingerprint density at radius 1 is 1.00 bits per heavy atom. The molecule has 1 aromatic heterocycles. The Labute approximate surface area is 243 Å². The lowest BCUT2D eigenvalue weighted by atomic mass is 10.2. The summed E-state index contributed by atoms with van der Waals surface area (Å²) in [5.74, 6) is -0.0763. The Kier molecular flexibility index (Phi) is 9.76. The zero-order chi connectivity index (χ0) is 30.3. The van der Waals surface area contributed by atoms with Crippen LogP contribution >= 0.6 is 11.8 Å². The van der Waals surface area contributed by atoms with Crippen LogP contribution in [0.2, 0.25) is 0 Å². The average Bonchev–Trinajstić information content (AvgIpc) is 2.95. The fourth-order valence-electron chi connectivity index (χ4n) is 3.87. The fourth-order valence-corrected chi connectivity index (χ4v) is 4.80. The summed E-state index contributed by atoms with van der Waals surface area (Å²) in [6, 6.07) is 15.1. The summed E-state index contributed by atoms with van der Waals surface area (Å²) in [6.07, 6.45) is -2.04. The predicted molar refractivity (Wildman–Crippen MR) is 153 cm³/mol. The summed E-state index contributed by atoms with van der Waals surface area (Å²) < 4.78 is 49.5. The maximum atomic E-state index is 12.7. The van der Waals surface area contributed by atoms with Crippen molar-refractivity contribution in [3.05, 3.63) is 78.5 Å². The number of nitrogens with one attached hydrogen (secondary N) is 2. The van der Waals surface area contributed by atoms with Gasteiger partial charge in [0, 0.05) is 38.8 Å². The van der Waals surface area contributed by atoms with E-state index in [1.807, 2.05) is 24.3 Å². The molecule has 2 amide bonds. The number of hydrogen-bond acceptors (Lipinski definition) is 7. The van der Waals surface area contributed by atoms with Crippen molar-refractivity contribution >= 4 is 46.0 Å². The molecular formula is C29H27F3N4O5S. The van der Waals surface area contributed by atoms with Gasteiger partial charge in [0.1, 0.15) is 6.04 Å². The molecule has 3 aromatic carbocycles. The van der Waals surface area contributed by atoms with Crippen molar-refractivity contribution in [2.75, 3.05) is 24.4 Å². The third-order valence-corrected chi connectivity index (χ3v) is 7.12. The number of pyridine rings is 1. The van der Waals surface area contributed by atoms with E-state index >= 15 is 0 Å². The van der Waals surface area contributed by atoms with Crippen molar-refractivity contribution in [3.63, 3.8) is 0 Å². The molecular weight excluding hydrogens is 573 g/mol. The summed E-state index contributed by atoms with van der Waals surface area (Å²) in [7, 11) is 1.52. The summed E-state index contributed by atoms with van der Waals surface area (Å²) in [6.45, 7) is 0.264. The molecule has 0 unspecified atom stereocenters. The van der Waals surface area contributed by atoms with Gasteiger partial charge in [-0.2, -0.15) is 13.2 Å². The predicted octanol–water partition coefficient (Wildman–Crippen LogP) is 6.63. The van der Waals surface area contributed by atoms with Gasteiger partial charge in [-0.25, -0.2) is 4.79 Å². The molecule has 42 heavy (non-hydrogen) atoms. The lowest BCUT2D eigenvalue weighted by molar-refractivity contribution is -0.139. The van der Waals surface area contributed by atoms with E-state index in [0.717, 1.165) is 27.3 Å². The van der Waals surface area contributed by atoms with Crippen LogP contribution in [-0.2, 0) is 11.0 Å². The van der Waals surface area contributed by atoms with Crippen LogP contribution in [0.25, 0.3) is 10.9 Å². The van der Waals surface area contributed by atoms with Crippen LogP contribution in [0.15, 0.2) is 82.7 Å². The Bertz CT molecular complexity index is 1550. The molecule has 220 valence electrons. The molecule has 4 aromatic rings. The molecule has 0 radical (unpaired) electrons. The average molecular weight is 601 g/mol. The Morgan fingerprint density at radius 2 is 1.64 bits per heavy atom. The van der Waals surface area contributed by atoms with E-state index in [-0.39, 0.29) is 18.7 Å². The van der Waals surface area contributed by atoms with Gasteiger partial charge < -0.3 is 30.9 Å². The van der Waals surface area contributed by atoms with Gasteiger partial charge >= 0.3 is 18.2 Å². The van der Waals surface area contributed by atoms with E-state index in [9.17, 15) is 22.8 Å². The van der Waals surface area contributed by atoms with Gasteiger partial charge in [0.05, 0.1) is 24.8 Å². The van der Waals surface area contributed by atoms with Crippen molar-refractivity contribution in [1.82, 2.24) is 4.98 Å². The number of methoxy groups -OCH3 is 1. The second-order valence-electron chi connectivity index (χ2n) is 9.05. The van der Waals surface area contributed by atoms with E-state index in [2.05, 4.69) is 15.6 Å². The Morgan fingerprint density at radius 3 is 2.24 bits per heavy atom. The zero-order valence-corrected chi connectivity index (χ0v) is 23.1. The van der Waals surface area contributed by atoms with Crippen LogP contribution in [0.1, 0.15) is 18.4 Å². The number of amides is 2. The highest BCUT2D eigenvalue weighted by atomic mass is 32.2. The first-order chi connectivity index (χ1) is 20.0. The first-order valence-corrected chi connectivity index (χ1v) is 13.5. The minimum Gasteiger partial charge on any atom is -0.493 e. The zero-order valence-electron chi connectivity index (χ0n) is 22.3. The number of benzene rings is 3. The molecule has 9 nitrogen and oxygen atoms in total. The number of fused-ring (bicyclic) bond motifs is 1. The lowest BCUT2D eigenvalue weighted by Gasteiger charge is -2.14. The number of carbonyl (C=O) groups is 2. The van der Waals surface area contributed by atoms with Gasteiger partial charge in [0.15, 0.2) is 11.5 Å². The van der Waals surface area contributed by atoms with Crippen LogP contribution in [0, 0.1) is 0 Å². The molecule has 0 bridgehead atoms. The van der Waals surface area contributed by atoms with Crippen molar-refractivity contribution < 1.29 is 37.3 Å². The number of aromatic nitrogens is 1. The van der Waals surface area contributed by atoms with E-state index in [1.54, 1.807) is 24.4 Å². The Hall–Kier alpha value is -4.49. The van der Waals surface area contributed by atoms with Gasteiger partial charge in [-0.1, -0.05) is 11.8 Å². The van der Waals surface area contributed by atoms with Crippen LogP contribution < -0.4 is 25.8 Å². The number of nitrogens with two attached hydrogens (primary N) is 1. The fraction of sp³-hybridized carbons (Fsp3) is 0.207. The molecule has 0 fully saturated rings. The summed E-state index contributed by atoms with van der Waals surface area (Å²) >= 11 is 1.48. The number of nitrogens with zero attached hydrogens (tertiary/aromatic N) is 1. The molecule has 0 spiro atoms. The van der Waals surface area contributed by atoms with Gasteiger partial charge in [0.2, 0.25) is 0 Å². The molecule has 5 N–H and O–H groups in total. The number of aliphatic carboxylic acids is 1. The number of alkyl halides is 3. The van der Waals surface area contributed by atoms with Gasteiger partial charge in [-0.05, 0) is 73.5 Å². The van der Waals surface area contributed by atoms with Crippen molar-refractivity contribution in [1.29, 1.82) is 0 Å².